The van der Waals surface area contributed by atoms with Crippen LogP contribution in [-0.4, -0.2) is 45.5 Å². The van der Waals surface area contributed by atoms with E-state index in [9.17, 15) is 9.59 Å². The van der Waals surface area contributed by atoms with Gasteiger partial charge in [0.25, 0.3) is 0 Å². The maximum absolute atomic E-state index is 12.1. The van der Waals surface area contributed by atoms with Crippen LogP contribution >= 0.6 is 0 Å². The Balaban J connectivity index is 2.62. The molecule has 0 aliphatic heterocycles. The summed E-state index contributed by atoms with van der Waals surface area (Å²) in [6.45, 7) is 3.59. The Hall–Kier alpha value is -2.37. The number of hydrogen-bond donors (Lipinski definition) is 1. The number of aryl methyl sites for hydroxylation is 1. The second-order valence-corrected chi connectivity index (χ2v) is 4.95. The fourth-order valence-corrected chi connectivity index (χ4v) is 2.32. The number of benzene rings is 1. The summed E-state index contributed by atoms with van der Waals surface area (Å²) in [7, 11) is 3.38. The Labute approximate surface area is 116 Å². The first-order valence-corrected chi connectivity index (χ1v) is 6.26. The number of carboxylic acid groups (broad SMARTS) is 1. The second-order valence-electron chi connectivity index (χ2n) is 4.95. The van der Waals surface area contributed by atoms with E-state index >= 15 is 0 Å². The zero-order valence-corrected chi connectivity index (χ0v) is 11.9. The van der Waals surface area contributed by atoms with E-state index in [1.807, 2.05) is 0 Å². The Morgan fingerprint density at radius 2 is 2.00 bits per heavy atom. The normalized spacial score (nSPS) is 12.4. The van der Waals surface area contributed by atoms with Crippen LogP contribution in [-0.2, 0) is 4.79 Å². The molecule has 0 fully saturated rings. The number of rotatable bonds is 3. The Kier molecular flexibility index (Phi) is 3.48. The molecule has 0 spiro atoms. The van der Waals surface area contributed by atoms with E-state index in [-0.39, 0.29) is 11.5 Å². The van der Waals surface area contributed by atoms with Gasteiger partial charge in [-0.15, -0.1) is 0 Å². The first-order valence-electron chi connectivity index (χ1n) is 6.26. The van der Waals surface area contributed by atoms with Crippen LogP contribution in [0.15, 0.2) is 18.2 Å². The molecule has 6 nitrogen and oxygen atoms in total. The van der Waals surface area contributed by atoms with Crippen molar-refractivity contribution in [1.82, 2.24) is 14.5 Å². The maximum atomic E-state index is 12.1. The molecule has 1 N–H and O–H groups in total. The predicted molar refractivity (Wildman–Crippen MR) is 74.8 cm³/mol. The topological polar surface area (TPSA) is 75.4 Å². The molecule has 0 aliphatic rings. The molecule has 0 saturated heterocycles. The van der Waals surface area contributed by atoms with Crippen molar-refractivity contribution in [2.75, 3.05) is 14.1 Å². The number of aromatic carboxylic acids is 1. The molecule has 0 radical (unpaired) electrons. The van der Waals surface area contributed by atoms with Gasteiger partial charge in [-0.1, -0.05) is 0 Å². The van der Waals surface area contributed by atoms with Crippen molar-refractivity contribution in [3.63, 3.8) is 0 Å². The largest absolute Gasteiger partial charge is 0.478 e. The highest BCUT2D eigenvalue weighted by Gasteiger charge is 2.21. The first-order chi connectivity index (χ1) is 9.32. The summed E-state index contributed by atoms with van der Waals surface area (Å²) in [5.74, 6) is -0.373. The highest BCUT2D eigenvalue weighted by Crippen LogP contribution is 2.23. The van der Waals surface area contributed by atoms with Gasteiger partial charge in [-0.25, -0.2) is 9.78 Å². The number of likely N-dealkylation sites (N-methyl/N-ethyl adjacent to an activating group) is 1. The van der Waals surface area contributed by atoms with Gasteiger partial charge in [0.05, 0.1) is 16.6 Å². The van der Waals surface area contributed by atoms with Gasteiger partial charge in [-0.05, 0) is 32.0 Å². The molecule has 1 heterocycles. The summed E-state index contributed by atoms with van der Waals surface area (Å²) in [6, 6.07) is 4.30. The molecule has 1 unspecified atom stereocenters. The molecular weight excluding hydrogens is 258 g/mol. The van der Waals surface area contributed by atoms with Gasteiger partial charge >= 0.3 is 5.97 Å². The van der Waals surface area contributed by atoms with Crippen molar-refractivity contribution in [3.8, 4) is 0 Å². The summed E-state index contributed by atoms with van der Waals surface area (Å²) in [6.07, 6.45) is 0. The zero-order chi connectivity index (χ0) is 15.0. The third kappa shape index (κ3) is 2.24. The first kappa shape index (κ1) is 14.0. The van der Waals surface area contributed by atoms with Gasteiger partial charge in [0.1, 0.15) is 11.9 Å². The maximum Gasteiger partial charge on any atom is 0.335 e. The zero-order valence-electron chi connectivity index (χ0n) is 11.9. The molecule has 0 saturated carbocycles. The molecule has 1 aromatic carbocycles. The highest BCUT2D eigenvalue weighted by atomic mass is 16.4. The second kappa shape index (κ2) is 4.96. The van der Waals surface area contributed by atoms with E-state index in [1.54, 1.807) is 44.6 Å². The van der Waals surface area contributed by atoms with E-state index in [1.165, 1.54) is 11.0 Å². The van der Waals surface area contributed by atoms with Crippen LogP contribution < -0.4 is 0 Å². The van der Waals surface area contributed by atoms with Crippen molar-refractivity contribution in [2.45, 2.75) is 19.9 Å². The van der Waals surface area contributed by atoms with Crippen LogP contribution in [0.1, 0.15) is 29.1 Å². The number of nitrogens with zero attached hydrogens (tertiary/aromatic N) is 3. The minimum absolute atomic E-state index is 0.0619. The van der Waals surface area contributed by atoms with E-state index in [2.05, 4.69) is 4.98 Å². The van der Waals surface area contributed by atoms with Crippen LogP contribution in [0, 0.1) is 6.92 Å². The number of carbonyl (C=O) groups is 2. The number of carboxylic acids is 1. The SMILES string of the molecule is Cc1nc2ccc(C(=O)O)cc2n1C(C)C(=O)N(C)C. The molecule has 2 aromatic rings. The van der Waals surface area contributed by atoms with E-state index < -0.39 is 12.0 Å². The Bertz CT molecular complexity index is 688. The number of carbonyl (C=O) groups excluding carboxylic acids is 1. The van der Waals surface area contributed by atoms with Gasteiger partial charge in [-0.3, -0.25) is 4.79 Å². The number of fused-ring (bicyclic) bond motifs is 1. The van der Waals surface area contributed by atoms with Crippen LogP contribution in [0.3, 0.4) is 0 Å². The van der Waals surface area contributed by atoms with Gasteiger partial charge in [0.15, 0.2) is 0 Å². The van der Waals surface area contributed by atoms with Crippen LogP contribution in [0.5, 0.6) is 0 Å². The number of hydrogen-bond acceptors (Lipinski definition) is 3. The molecule has 1 amide bonds. The van der Waals surface area contributed by atoms with Crippen molar-refractivity contribution in [1.29, 1.82) is 0 Å². The third-order valence-electron chi connectivity index (χ3n) is 3.30. The lowest BCUT2D eigenvalue weighted by atomic mass is 10.2. The van der Waals surface area contributed by atoms with Gasteiger partial charge in [-0.2, -0.15) is 0 Å². The Morgan fingerprint density at radius 1 is 1.35 bits per heavy atom. The number of imidazole rings is 1. The molecular formula is C14H17N3O3. The lowest BCUT2D eigenvalue weighted by molar-refractivity contribution is -0.131. The third-order valence-corrected chi connectivity index (χ3v) is 3.30. The number of aromatic nitrogens is 2. The minimum atomic E-state index is -0.996. The predicted octanol–water partition coefficient (Wildman–Crippen LogP) is 1.69. The molecule has 6 heteroatoms. The molecule has 20 heavy (non-hydrogen) atoms. The minimum Gasteiger partial charge on any atom is -0.478 e. The molecule has 1 aromatic heterocycles. The summed E-state index contributed by atoms with van der Waals surface area (Å²) < 4.78 is 1.77. The lowest BCUT2D eigenvalue weighted by Crippen LogP contribution is -2.30. The van der Waals surface area contributed by atoms with Crippen LogP contribution in [0.4, 0.5) is 0 Å². The molecule has 106 valence electrons. The van der Waals surface area contributed by atoms with Crippen LogP contribution in [0.25, 0.3) is 11.0 Å². The summed E-state index contributed by atoms with van der Waals surface area (Å²) in [5, 5.41) is 9.07. The highest BCUT2D eigenvalue weighted by molar-refractivity contribution is 5.93. The lowest BCUT2D eigenvalue weighted by Gasteiger charge is -2.20. The molecule has 0 bridgehead atoms. The average Bonchev–Trinajstić information content (AvgIpc) is 2.71. The van der Waals surface area contributed by atoms with Crippen molar-refractivity contribution in [3.05, 3.63) is 29.6 Å². The average molecular weight is 275 g/mol. The fourth-order valence-electron chi connectivity index (χ4n) is 2.32. The smallest absolute Gasteiger partial charge is 0.335 e. The Morgan fingerprint density at radius 3 is 2.55 bits per heavy atom. The summed E-state index contributed by atoms with van der Waals surface area (Å²) >= 11 is 0. The van der Waals surface area contributed by atoms with Gasteiger partial charge in [0.2, 0.25) is 5.91 Å². The van der Waals surface area contributed by atoms with Crippen molar-refractivity contribution in [2.24, 2.45) is 0 Å². The number of amides is 1. The fraction of sp³-hybridized carbons (Fsp3) is 0.357. The molecule has 1 atom stereocenters. The summed E-state index contributed by atoms with van der Waals surface area (Å²) in [4.78, 5) is 29.1. The van der Waals surface area contributed by atoms with E-state index in [4.69, 9.17) is 5.11 Å². The van der Waals surface area contributed by atoms with Crippen molar-refractivity contribution < 1.29 is 14.7 Å². The quantitative estimate of drug-likeness (QED) is 0.925. The van der Waals surface area contributed by atoms with Gasteiger partial charge < -0.3 is 14.6 Å². The van der Waals surface area contributed by atoms with E-state index in [0.29, 0.717) is 16.9 Å². The van der Waals surface area contributed by atoms with Gasteiger partial charge in [0, 0.05) is 14.1 Å². The standard InChI is InChI=1S/C14H17N3O3/c1-8(13(18)16(3)4)17-9(2)15-11-6-5-10(14(19)20)7-12(11)17/h5-8H,1-4H3,(H,19,20). The van der Waals surface area contributed by atoms with Crippen molar-refractivity contribution >= 4 is 22.9 Å². The van der Waals surface area contributed by atoms with Crippen LogP contribution in [0.2, 0.25) is 0 Å². The van der Waals surface area contributed by atoms with E-state index in [0.717, 1.165) is 0 Å². The molecule has 2 rings (SSSR count). The monoisotopic (exact) mass is 275 g/mol. The molecule has 0 aliphatic carbocycles. The summed E-state index contributed by atoms with van der Waals surface area (Å²) in [5.41, 5.74) is 1.53.